The number of aliphatic hydroxyl groups excluding tert-OH is 1. The minimum absolute atomic E-state index is 0.0956. The number of fused-ring (bicyclic) bond motifs is 4. The first-order chi connectivity index (χ1) is 67.3. The molecule has 20 rings (SSSR count). The molecule has 0 radical (unpaired) electrons. The summed E-state index contributed by atoms with van der Waals surface area (Å²) >= 11 is 50.3. The lowest BCUT2D eigenvalue weighted by Gasteiger charge is -2.47. The smallest absolute Gasteiger partial charge is 0.303 e. The van der Waals surface area contributed by atoms with Crippen LogP contribution in [-0.2, 0) is 14.4 Å². The van der Waals surface area contributed by atoms with E-state index >= 15 is 0 Å². The standard InChI is InChI=1S/C26H32Cl2N6O2.2C25H31Cl2N7O.C25H32Cl2N6O/c1-16-25-26(34(31-16)17(2)21-8-7-20(27)11-22(21)28)30-23(12-29-25)33-14-19(15-33)18-5-3-9-32(13-18)10-4-6-24(35)36;2*1-15-24-25(34(31-15)16(2)20-6-5-19(26)10-21(20)27)30-23(11-29-24)33-13-18(14-33)17-4-3-8-32(12-17)9-7-22(28)35;1-16-24-25(33(30-16)17(2)21-7-6-20(26)11-22(21)27)29-23(12-28-24)32-14-19(15-32)18-5-3-8-31(13-18)9-4-10-34/h7-8,11-12,17-19H,3-6,9-10,13-15H2,1-2H3,(H,35,36);2*5-6,10-11,16-18H,3-4,7-9,12-14H2,1-2H3,(H2,28,35);6-7,11-12,17-19,34H,3-5,8-10,13-15H2,1-2H3/t17-,18+;16-,17+;16-,17-;17-,18-/m1111/s1. The van der Waals surface area contributed by atoms with Gasteiger partial charge in [0.05, 0.1) is 71.7 Å². The first-order valence-electron chi connectivity index (χ1n) is 49.3. The maximum Gasteiger partial charge on any atom is 0.303 e. The molecule has 140 heavy (non-hydrogen) atoms. The number of hydrogen-bond donors (Lipinski definition) is 4. The average molecular weight is 2070 g/mol. The Labute approximate surface area is 857 Å². The number of aromatic nitrogens is 16. The van der Waals surface area contributed by atoms with Gasteiger partial charge in [-0.25, -0.2) is 58.6 Å². The number of hydrogen-bond acceptors (Lipinski definition) is 24. The number of aliphatic hydroxyl groups is 1. The molecule has 2 amide bonds. The Hall–Kier alpha value is -9.19. The van der Waals surface area contributed by atoms with E-state index in [-0.39, 0.29) is 49.0 Å². The van der Waals surface area contributed by atoms with Gasteiger partial charge in [-0.15, -0.1) is 0 Å². The second-order valence-electron chi connectivity index (χ2n) is 39.6. The number of carbonyl (C=O) groups excluding carboxylic acids is 2. The van der Waals surface area contributed by atoms with Gasteiger partial charge in [-0.3, -0.25) is 14.4 Å². The fourth-order valence-electron chi connectivity index (χ4n) is 21.7. The molecule has 39 heteroatoms. The zero-order valence-corrected chi connectivity index (χ0v) is 86.8. The average Bonchev–Trinajstić information content (AvgIpc) is 1.58. The Balaban J connectivity index is 0.000000129. The van der Waals surface area contributed by atoms with Crippen LogP contribution in [0.15, 0.2) is 97.6 Å². The number of nitrogens with zero attached hydrogens (tertiary/aromatic N) is 24. The molecule has 8 aliphatic heterocycles. The van der Waals surface area contributed by atoms with Crippen molar-refractivity contribution >= 4 is 179 Å². The maximum atomic E-state index is 11.2. The lowest BCUT2D eigenvalue weighted by molar-refractivity contribution is -0.137. The van der Waals surface area contributed by atoms with E-state index in [1.54, 1.807) is 24.3 Å². The molecule has 16 heterocycles. The highest BCUT2D eigenvalue weighted by Gasteiger charge is 2.43. The van der Waals surface area contributed by atoms with Crippen LogP contribution in [-0.4, -0.2) is 264 Å². The number of benzene rings is 4. The van der Waals surface area contributed by atoms with Crippen LogP contribution in [0.3, 0.4) is 0 Å². The highest BCUT2D eigenvalue weighted by Crippen LogP contribution is 2.43. The third kappa shape index (κ3) is 23.6. The minimum atomic E-state index is -0.710. The van der Waals surface area contributed by atoms with Crippen LogP contribution in [0.25, 0.3) is 44.7 Å². The number of halogens is 8. The van der Waals surface area contributed by atoms with Crippen LogP contribution in [0, 0.1) is 75.0 Å². The van der Waals surface area contributed by atoms with E-state index < -0.39 is 5.97 Å². The van der Waals surface area contributed by atoms with Crippen molar-refractivity contribution in [2.24, 2.45) is 58.8 Å². The molecule has 0 aliphatic carbocycles. The summed E-state index contributed by atoms with van der Waals surface area (Å²) < 4.78 is 7.65. The summed E-state index contributed by atoms with van der Waals surface area (Å²) in [6.07, 6.45) is 20.0. The number of amides is 2. The van der Waals surface area contributed by atoms with Crippen LogP contribution in [0.1, 0.15) is 180 Å². The van der Waals surface area contributed by atoms with E-state index in [0.717, 1.165) is 263 Å². The van der Waals surface area contributed by atoms with Crippen LogP contribution < -0.4 is 31.1 Å². The van der Waals surface area contributed by atoms with E-state index in [4.69, 9.17) is 175 Å². The molecular formula is C101H126Cl8N26O5. The quantitative estimate of drug-likeness (QED) is 0.0338. The van der Waals surface area contributed by atoms with Crippen LogP contribution >= 0.6 is 92.8 Å². The molecule has 0 spiro atoms. The molecule has 8 aliphatic rings. The van der Waals surface area contributed by atoms with Gasteiger partial charge in [0.2, 0.25) is 11.8 Å². The van der Waals surface area contributed by atoms with Crippen LogP contribution in [0.2, 0.25) is 40.2 Å². The van der Waals surface area contributed by atoms with Gasteiger partial charge in [0.15, 0.2) is 22.6 Å². The summed E-state index contributed by atoms with van der Waals surface area (Å²) in [5.41, 5.74) is 24.1. The third-order valence-electron chi connectivity index (χ3n) is 30.0. The van der Waals surface area contributed by atoms with E-state index in [2.05, 4.69) is 66.9 Å². The van der Waals surface area contributed by atoms with Crippen molar-refractivity contribution in [2.75, 3.05) is 157 Å². The fraction of sp³-hybridized carbons (Fsp3) is 0.535. The van der Waals surface area contributed by atoms with Crippen molar-refractivity contribution in [1.29, 1.82) is 0 Å². The molecule has 0 unspecified atom stereocenters. The molecule has 8 saturated heterocycles. The first-order valence-corrected chi connectivity index (χ1v) is 52.3. The summed E-state index contributed by atoms with van der Waals surface area (Å²) in [5, 5.41) is 41.9. The third-order valence-corrected chi connectivity index (χ3v) is 32.2. The molecule has 12 aromatic rings. The van der Waals surface area contributed by atoms with Gasteiger partial charge >= 0.3 is 5.97 Å². The number of nitrogens with two attached hydrogens (primary N) is 2. The summed E-state index contributed by atoms with van der Waals surface area (Å²) in [6, 6.07) is 21.7. The summed E-state index contributed by atoms with van der Waals surface area (Å²) in [5.74, 6) is 7.62. The van der Waals surface area contributed by atoms with Crippen molar-refractivity contribution in [1.82, 2.24) is 98.6 Å². The Kier molecular flexibility index (Phi) is 33.2. The van der Waals surface area contributed by atoms with Crippen molar-refractivity contribution in [3.8, 4) is 0 Å². The van der Waals surface area contributed by atoms with Crippen molar-refractivity contribution in [3.05, 3.63) is 183 Å². The van der Waals surface area contributed by atoms with Crippen molar-refractivity contribution < 1.29 is 24.6 Å². The van der Waals surface area contributed by atoms with E-state index in [9.17, 15) is 14.4 Å². The number of rotatable bonds is 29. The Morgan fingerprint density at radius 2 is 0.593 bits per heavy atom. The molecule has 6 N–H and O–H groups in total. The molecular weight excluding hydrogens is 1940 g/mol. The second kappa shape index (κ2) is 45.4. The van der Waals surface area contributed by atoms with Gasteiger partial charge in [0, 0.05) is 164 Å². The second-order valence-corrected chi connectivity index (χ2v) is 42.9. The number of piperidine rings is 4. The fourth-order valence-corrected chi connectivity index (χ4v) is 24.0. The number of carboxylic acid groups (broad SMARTS) is 1. The molecule has 31 nitrogen and oxygen atoms in total. The number of primary amides is 2. The first kappa shape index (κ1) is 102. The predicted octanol–water partition coefficient (Wildman–Crippen LogP) is 17.8. The van der Waals surface area contributed by atoms with E-state index in [1.807, 2.05) is 120 Å². The van der Waals surface area contributed by atoms with Crippen LogP contribution in [0.5, 0.6) is 0 Å². The molecule has 0 saturated carbocycles. The van der Waals surface area contributed by atoms with Crippen molar-refractivity contribution in [2.45, 2.75) is 163 Å². The number of likely N-dealkylation sites (tertiary alicyclic amines) is 4. The monoisotopic (exact) mass is 2060 g/mol. The predicted molar refractivity (Wildman–Crippen MR) is 557 cm³/mol. The number of aryl methyl sites for hydroxylation is 4. The molecule has 8 fully saturated rings. The molecule has 4 aromatic carbocycles. The number of aliphatic carboxylic acids is 1. The van der Waals surface area contributed by atoms with Crippen LogP contribution in [0.4, 0.5) is 23.3 Å². The SMILES string of the molecule is Cc1nn([C@H](C)c2ccc(Cl)cc2Cl)c2nc(N3CC([C@@H]4CCCN(CCC(N)=O)C4)C3)cnc12.Cc1nn([C@H](C)c2ccc(Cl)cc2Cl)c2nc(N3CC([C@@H]4CCCN(CCCO)C4)C3)cnc12.Cc1nn([C@H](C)c2ccc(Cl)cc2Cl)c2nc(N3CC([C@H]4CCCN(CCC(N)=O)C4)C3)cnc12.Cc1nn([C@H](C)c2ccc(Cl)cc2Cl)c2nc(N3CC([C@H]4CCCN(CCCC(=O)O)C4)C3)cnc12. The minimum Gasteiger partial charge on any atom is -0.481 e. The lowest BCUT2D eigenvalue weighted by atomic mass is 9.80. The normalized spacial score (nSPS) is 20.3. The highest BCUT2D eigenvalue weighted by molar-refractivity contribution is 6.37. The van der Waals surface area contributed by atoms with Gasteiger partial charge in [0.25, 0.3) is 0 Å². The lowest BCUT2D eigenvalue weighted by Crippen LogP contribution is -2.54. The maximum absolute atomic E-state index is 11.2. The number of carbonyl (C=O) groups is 3. The van der Waals surface area contributed by atoms with Gasteiger partial charge in [0.1, 0.15) is 45.3 Å². The molecule has 8 aromatic heterocycles. The summed E-state index contributed by atoms with van der Waals surface area (Å²) in [7, 11) is 0. The van der Waals surface area contributed by atoms with Gasteiger partial charge in [-0.2, -0.15) is 20.4 Å². The van der Waals surface area contributed by atoms with Gasteiger partial charge in [-0.1, -0.05) is 117 Å². The number of carboxylic acids is 1. The largest absolute Gasteiger partial charge is 0.481 e. The van der Waals surface area contributed by atoms with Crippen molar-refractivity contribution in [3.63, 3.8) is 0 Å². The van der Waals surface area contributed by atoms with Gasteiger partial charge in [-0.05, 0) is 270 Å². The molecule has 8 atom stereocenters. The molecule has 0 bridgehead atoms. The summed E-state index contributed by atoms with van der Waals surface area (Å²) in [4.78, 5) is 90.9. The molecule has 746 valence electrons. The zero-order chi connectivity index (χ0) is 98.6. The number of anilines is 4. The summed E-state index contributed by atoms with van der Waals surface area (Å²) in [6.45, 7) is 36.3. The Bertz CT molecular complexity index is 6230. The Morgan fingerprint density at radius 3 is 0.821 bits per heavy atom. The zero-order valence-electron chi connectivity index (χ0n) is 80.7. The highest BCUT2D eigenvalue weighted by atomic mass is 35.5. The van der Waals surface area contributed by atoms with Gasteiger partial charge < -0.3 is 60.9 Å². The van der Waals surface area contributed by atoms with E-state index in [1.165, 1.54) is 51.4 Å². The Morgan fingerprint density at radius 1 is 0.350 bits per heavy atom. The van der Waals surface area contributed by atoms with E-state index in [0.29, 0.717) is 94.4 Å². The topological polar surface area (TPSA) is 344 Å².